The predicted octanol–water partition coefficient (Wildman–Crippen LogP) is 1.52. The van der Waals surface area contributed by atoms with Gasteiger partial charge in [-0.2, -0.15) is 0 Å². The molecule has 3 heterocycles. The number of hydrogen-bond acceptors (Lipinski definition) is 5. The number of piperazine rings is 2. The third kappa shape index (κ3) is 4.15. The SMILES string of the molecule is O=C(CN1CCNCC1c1cccnc1)N1CCN(c2ccccc2F)CC1. The van der Waals surface area contributed by atoms with Gasteiger partial charge in [-0.05, 0) is 23.8 Å². The van der Waals surface area contributed by atoms with E-state index in [4.69, 9.17) is 0 Å². The summed E-state index contributed by atoms with van der Waals surface area (Å²) in [7, 11) is 0. The number of benzene rings is 1. The molecule has 1 atom stereocenters. The van der Waals surface area contributed by atoms with Crippen LogP contribution in [-0.2, 0) is 4.79 Å². The van der Waals surface area contributed by atoms with Gasteiger partial charge in [-0.1, -0.05) is 18.2 Å². The summed E-state index contributed by atoms with van der Waals surface area (Å²) >= 11 is 0. The second-order valence-electron chi connectivity index (χ2n) is 7.30. The third-order valence-electron chi connectivity index (χ3n) is 5.59. The molecule has 0 bridgehead atoms. The number of halogens is 1. The van der Waals surface area contributed by atoms with Gasteiger partial charge in [0, 0.05) is 64.2 Å². The van der Waals surface area contributed by atoms with Crippen molar-refractivity contribution >= 4 is 11.6 Å². The number of hydrogen-bond donors (Lipinski definition) is 1. The first kappa shape index (κ1) is 18.8. The molecular formula is C21H26FN5O. The Morgan fingerprint density at radius 3 is 2.68 bits per heavy atom. The van der Waals surface area contributed by atoms with E-state index in [9.17, 15) is 9.18 Å². The zero-order valence-electron chi connectivity index (χ0n) is 15.9. The van der Waals surface area contributed by atoms with Crippen molar-refractivity contribution in [2.45, 2.75) is 6.04 Å². The van der Waals surface area contributed by atoms with Crippen molar-refractivity contribution in [3.63, 3.8) is 0 Å². The maximum absolute atomic E-state index is 14.0. The minimum atomic E-state index is -0.206. The first-order valence-corrected chi connectivity index (χ1v) is 9.84. The van der Waals surface area contributed by atoms with Crippen LogP contribution in [0, 0.1) is 5.82 Å². The molecule has 2 aromatic rings. The zero-order valence-corrected chi connectivity index (χ0v) is 15.9. The lowest BCUT2D eigenvalue weighted by atomic mass is 10.1. The molecule has 1 amide bonds. The molecule has 1 unspecified atom stereocenters. The molecule has 2 aliphatic heterocycles. The number of rotatable bonds is 4. The Labute approximate surface area is 165 Å². The summed E-state index contributed by atoms with van der Waals surface area (Å²) in [6, 6.07) is 11.0. The van der Waals surface area contributed by atoms with Gasteiger partial charge in [0.2, 0.25) is 5.91 Å². The fraction of sp³-hybridized carbons (Fsp3) is 0.429. The third-order valence-corrected chi connectivity index (χ3v) is 5.59. The van der Waals surface area contributed by atoms with Crippen molar-refractivity contribution in [2.75, 3.05) is 57.3 Å². The number of amides is 1. The van der Waals surface area contributed by atoms with Crippen LogP contribution >= 0.6 is 0 Å². The van der Waals surface area contributed by atoms with Crippen LogP contribution < -0.4 is 10.2 Å². The molecule has 2 fully saturated rings. The molecule has 2 aliphatic rings. The summed E-state index contributed by atoms with van der Waals surface area (Å²) in [6.07, 6.45) is 3.65. The maximum Gasteiger partial charge on any atom is 0.236 e. The van der Waals surface area contributed by atoms with Gasteiger partial charge < -0.3 is 15.1 Å². The molecule has 0 spiro atoms. The molecule has 1 aromatic carbocycles. The molecule has 0 radical (unpaired) electrons. The van der Waals surface area contributed by atoms with Crippen molar-refractivity contribution in [1.29, 1.82) is 0 Å². The summed E-state index contributed by atoms with van der Waals surface area (Å²) in [5.41, 5.74) is 1.75. The lowest BCUT2D eigenvalue weighted by molar-refractivity contribution is -0.133. The quantitative estimate of drug-likeness (QED) is 0.868. The number of nitrogens with zero attached hydrogens (tertiary/aromatic N) is 4. The molecule has 1 N–H and O–H groups in total. The Bertz CT molecular complexity index is 794. The van der Waals surface area contributed by atoms with Gasteiger partial charge in [0.25, 0.3) is 0 Å². The highest BCUT2D eigenvalue weighted by Gasteiger charge is 2.29. The molecule has 148 valence electrons. The Morgan fingerprint density at radius 2 is 1.93 bits per heavy atom. The minimum absolute atomic E-state index is 0.143. The van der Waals surface area contributed by atoms with Gasteiger partial charge in [-0.15, -0.1) is 0 Å². The van der Waals surface area contributed by atoms with Crippen molar-refractivity contribution in [3.8, 4) is 0 Å². The van der Waals surface area contributed by atoms with Crippen LogP contribution in [0.25, 0.3) is 0 Å². The highest BCUT2D eigenvalue weighted by molar-refractivity contribution is 5.78. The van der Waals surface area contributed by atoms with Gasteiger partial charge in [0.1, 0.15) is 5.82 Å². The normalized spacial score (nSPS) is 21.0. The average Bonchev–Trinajstić information content (AvgIpc) is 2.75. The molecule has 7 heteroatoms. The first-order chi connectivity index (χ1) is 13.7. The first-order valence-electron chi connectivity index (χ1n) is 9.84. The van der Waals surface area contributed by atoms with Crippen molar-refractivity contribution in [2.24, 2.45) is 0 Å². The fourth-order valence-corrected chi connectivity index (χ4v) is 4.02. The van der Waals surface area contributed by atoms with Gasteiger partial charge in [0.15, 0.2) is 0 Å². The number of para-hydroxylation sites is 1. The maximum atomic E-state index is 14.0. The van der Waals surface area contributed by atoms with Crippen molar-refractivity contribution < 1.29 is 9.18 Å². The van der Waals surface area contributed by atoms with E-state index in [0.717, 1.165) is 25.2 Å². The number of nitrogens with one attached hydrogen (secondary N) is 1. The summed E-state index contributed by atoms with van der Waals surface area (Å²) in [5.74, 6) is -0.0635. The molecule has 6 nitrogen and oxygen atoms in total. The smallest absolute Gasteiger partial charge is 0.236 e. The van der Waals surface area contributed by atoms with Crippen LogP contribution in [0.1, 0.15) is 11.6 Å². The lowest BCUT2D eigenvalue weighted by Crippen LogP contribution is -2.54. The van der Waals surface area contributed by atoms with E-state index in [1.807, 2.05) is 28.1 Å². The zero-order chi connectivity index (χ0) is 19.3. The van der Waals surface area contributed by atoms with Crippen LogP contribution in [-0.4, -0.2) is 73.0 Å². The van der Waals surface area contributed by atoms with E-state index >= 15 is 0 Å². The van der Waals surface area contributed by atoms with Gasteiger partial charge in [-0.25, -0.2) is 4.39 Å². The van der Waals surface area contributed by atoms with Crippen LogP contribution in [0.4, 0.5) is 10.1 Å². The largest absolute Gasteiger partial charge is 0.366 e. The van der Waals surface area contributed by atoms with E-state index < -0.39 is 0 Å². The van der Waals surface area contributed by atoms with E-state index in [-0.39, 0.29) is 17.8 Å². The topological polar surface area (TPSA) is 51.7 Å². The molecule has 0 saturated carbocycles. The van der Waals surface area contributed by atoms with E-state index in [0.29, 0.717) is 38.4 Å². The average molecular weight is 383 g/mol. The van der Waals surface area contributed by atoms with Gasteiger partial charge >= 0.3 is 0 Å². The van der Waals surface area contributed by atoms with Crippen LogP contribution in [0.5, 0.6) is 0 Å². The standard InChI is InChI=1S/C21H26FN5O/c22-18-5-1-2-6-19(18)25-10-12-26(13-11-25)21(28)16-27-9-8-24-15-20(27)17-4-3-7-23-14-17/h1-7,14,20,24H,8-13,15-16H2. The van der Waals surface area contributed by atoms with Crippen LogP contribution in [0.3, 0.4) is 0 Å². The second kappa shape index (κ2) is 8.67. The Morgan fingerprint density at radius 1 is 1.11 bits per heavy atom. The highest BCUT2D eigenvalue weighted by Crippen LogP contribution is 2.23. The van der Waals surface area contributed by atoms with Crippen molar-refractivity contribution in [1.82, 2.24) is 20.1 Å². The van der Waals surface area contributed by atoms with Crippen molar-refractivity contribution in [3.05, 3.63) is 60.2 Å². The Hall–Kier alpha value is -2.51. The summed E-state index contributed by atoms with van der Waals surface area (Å²) in [6.45, 7) is 5.49. The Kier molecular flexibility index (Phi) is 5.83. The summed E-state index contributed by atoms with van der Waals surface area (Å²) in [4.78, 5) is 23.3. The lowest BCUT2D eigenvalue weighted by Gasteiger charge is -2.39. The minimum Gasteiger partial charge on any atom is -0.366 e. The Balaban J connectivity index is 1.35. The molecule has 4 rings (SSSR count). The van der Waals surface area contributed by atoms with Crippen LogP contribution in [0.2, 0.25) is 0 Å². The highest BCUT2D eigenvalue weighted by atomic mass is 19.1. The van der Waals surface area contributed by atoms with Gasteiger partial charge in [-0.3, -0.25) is 14.7 Å². The molecule has 0 aliphatic carbocycles. The van der Waals surface area contributed by atoms with E-state index in [2.05, 4.69) is 21.3 Å². The van der Waals surface area contributed by atoms with Gasteiger partial charge in [0.05, 0.1) is 12.2 Å². The van der Waals surface area contributed by atoms with E-state index in [1.165, 1.54) is 6.07 Å². The number of carbonyl (C=O) groups is 1. The number of anilines is 1. The van der Waals surface area contributed by atoms with E-state index in [1.54, 1.807) is 18.3 Å². The molecule has 1 aromatic heterocycles. The number of aromatic nitrogens is 1. The fourth-order valence-electron chi connectivity index (χ4n) is 4.02. The molecular weight excluding hydrogens is 357 g/mol. The summed E-state index contributed by atoms with van der Waals surface area (Å²) in [5, 5.41) is 3.41. The summed E-state index contributed by atoms with van der Waals surface area (Å²) < 4.78 is 14.0. The molecule has 28 heavy (non-hydrogen) atoms. The second-order valence-corrected chi connectivity index (χ2v) is 7.30. The number of carbonyl (C=O) groups excluding carboxylic acids is 1. The number of pyridine rings is 1. The molecule has 2 saturated heterocycles. The monoisotopic (exact) mass is 383 g/mol. The predicted molar refractivity (Wildman–Crippen MR) is 107 cm³/mol. The van der Waals surface area contributed by atoms with Crippen LogP contribution in [0.15, 0.2) is 48.8 Å².